The zero-order valence-corrected chi connectivity index (χ0v) is 15.0. The molecule has 0 radical (unpaired) electrons. The summed E-state index contributed by atoms with van der Waals surface area (Å²) in [5.41, 5.74) is 4.59. The van der Waals surface area contributed by atoms with Crippen LogP contribution in [0.4, 0.5) is 0 Å². The largest absolute Gasteiger partial charge is 0.343 e. The first-order valence-corrected chi connectivity index (χ1v) is 8.65. The Hall–Kier alpha value is -0.860. The van der Waals surface area contributed by atoms with Crippen LogP contribution in [0.15, 0.2) is 18.2 Å². The van der Waals surface area contributed by atoms with E-state index in [4.69, 9.17) is 9.47 Å². The molecule has 1 aromatic carbocycles. The van der Waals surface area contributed by atoms with Crippen LogP contribution in [0.1, 0.15) is 77.5 Å². The molecule has 1 heterocycles. The molecule has 0 spiro atoms. The maximum absolute atomic E-state index is 6.17. The summed E-state index contributed by atoms with van der Waals surface area (Å²) in [7, 11) is 0. The van der Waals surface area contributed by atoms with Gasteiger partial charge in [0.15, 0.2) is 5.79 Å². The summed E-state index contributed by atoms with van der Waals surface area (Å²) in [6, 6.07) is 6.86. The Bertz CT molecular complexity index is 573. The van der Waals surface area contributed by atoms with E-state index in [0.717, 1.165) is 12.0 Å². The van der Waals surface area contributed by atoms with E-state index < -0.39 is 5.79 Å². The van der Waals surface area contributed by atoms with E-state index in [1.165, 1.54) is 24.0 Å². The van der Waals surface area contributed by atoms with Gasteiger partial charge in [-0.1, -0.05) is 46.8 Å². The van der Waals surface area contributed by atoms with Crippen molar-refractivity contribution in [3.05, 3.63) is 34.9 Å². The first kappa shape index (κ1) is 16.0. The van der Waals surface area contributed by atoms with Crippen LogP contribution in [0.25, 0.3) is 0 Å². The Morgan fingerprint density at radius 1 is 1.00 bits per heavy atom. The maximum Gasteiger partial charge on any atom is 0.192 e. The van der Waals surface area contributed by atoms with E-state index in [1.807, 2.05) is 0 Å². The minimum Gasteiger partial charge on any atom is -0.343 e. The Kier molecular flexibility index (Phi) is 3.69. The highest BCUT2D eigenvalue weighted by Gasteiger charge is 2.41. The molecule has 0 bridgehead atoms. The molecule has 2 unspecified atom stereocenters. The number of fused-ring (bicyclic) bond motifs is 1. The van der Waals surface area contributed by atoms with Gasteiger partial charge in [-0.2, -0.15) is 0 Å². The highest BCUT2D eigenvalue weighted by atomic mass is 16.7. The van der Waals surface area contributed by atoms with Crippen LogP contribution in [0, 0.1) is 0 Å². The van der Waals surface area contributed by atoms with Crippen molar-refractivity contribution in [2.45, 2.75) is 83.5 Å². The van der Waals surface area contributed by atoms with Gasteiger partial charge in [0.05, 0.1) is 12.7 Å². The van der Waals surface area contributed by atoms with Crippen molar-refractivity contribution < 1.29 is 9.47 Å². The van der Waals surface area contributed by atoms with E-state index >= 15 is 0 Å². The molecule has 122 valence electrons. The molecule has 0 saturated carbocycles. The van der Waals surface area contributed by atoms with Gasteiger partial charge in [-0.3, -0.25) is 0 Å². The second-order valence-corrected chi connectivity index (χ2v) is 8.43. The van der Waals surface area contributed by atoms with E-state index in [1.54, 1.807) is 0 Å². The van der Waals surface area contributed by atoms with E-state index in [9.17, 15) is 0 Å². The lowest BCUT2D eigenvalue weighted by atomic mass is 9.63. The molecular weight excluding hydrogens is 272 g/mol. The summed E-state index contributed by atoms with van der Waals surface area (Å²) in [5.74, 6) is -0.590. The van der Waals surface area contributed by atoms with Gasteiger partial charge in [0.25, 0.3) is 0 Å². The van der Waals surface area contributed by atoms with Crippen molar-refractivity contribution in [3.8, 4) is 0 Å². The van der Waals surface area contributed by atoms with E-state index in [2.05, 4.69) is 59.7 Å². The Labute approximate surface area is 135 Å². The fourth-order valence-electron chi connectivity index (χ4n) is 3.86. The summed E-state index contributed by atoms with van der Waals surface area (Å²) >= 11 is 0. The lowest BCUT2D eigenvalue weighted by Gasteiger charge is -2.42. The van der Waals surface area contributed by atoms with Crippen molar-refractivity contribution in [3.63, 3.8) is 0 Å². The second kappa shape index (κ2) is 5.07. The topological polar surface area (TPSA) is 18.5 Å². The van der Waals surface area contributed by atoms with Crippen molar-refractivity contribution >= 4 is 0 Å². The van der Waals surface area contributed by atoms with Crippen molar-refractivity contribution in [2.75, 3.05) is 6.61 Å². The number of hydrogen-bond donors (Lipinski definition) is 0. The van der Waals surface area contributed by atoms with Crippen LogP contribution in [0.2, 0.25) is 0 Å². The molecule has 0 N–H and O–H groups in total. The second-order valence-electron chi connectivity index (χ2n) is 8.43. The molecule has 1 aliphatic heterocycles. The monoisotopic (exact) mass is 302 g/mol. The van der Waals surface area contributed by atoms with Gasteiger partial charge in [-0.15, -0.1) is 0 Å². The molecule has 2 atom stereocenters. The highest BCUT2D eigenvalue weighted by molar-refractivity contribution is 5.44. The SMILES string of the molecule is CCC1COC(C)(c2ccc3c(c2)C(C)(C)CCC3(C)C)O1. The van der Waals surface area contributed by atoms with Crippen molar-refractivity contribution in [1.82, 2.24) is 0 Å². The molecule has 2 heteroatoms. The molecule has 2 nitrogen and oxygen atoms in total. The molecule has 0 aromatic heterocycles. The third-order valence-corrected chi connectivity index (χ3v) is 5.77. The van der Waals surface area contributed by atoms with Gasteiger partial charge in [0.1, 0.15) is 0 Å². The zero-order valence-electron chi connectivity index (χ0n) is 15.0. The van der Waals surface area contributed by atoms with Gasteiger partial charge in [-0.25, -0.2) is 0 Å². The molecule has 0 amide bonds. The predicted molar refractivity (Wildman–Crippen MR) is 90.2 cm³/mol. The predicted octanol–water partition coefficient (Wildman–Crippen LogP) is 5.03. The average Bonchev–Trinajstić information content (AvgIpc) is 2.87. The smallest absolute Gasteiger partial charge is 0.192 e. The third-order valence-electron chi connectivity index (χ3n) is 5.77. The number of benzene rings is 1. The zero-order chi connectivity index (χ0) is 16.2. The molecule has 22 heavy (non-hydrogen) atoms. The summed E-state index contributed by atoms with van der Waals surface area (Å²) in [6.45, 7) is 14.3. The van der Waals surface area contributed by atoms with Crippen LogP contribution in [0.5, 0.6) is 0 Å². The molecule has 1 aliphatic carbocycles. The van der Waals surface area contributed by atoms with Gasteiger partial charge in [0, 0.05) is 5.56 Å². The van der Waals surface area contributed by atoms with Gasteiger partial charge in [0.2, 0.25) is 0 Å². The summed E-state index contributed by atoms with van der Waals surface area (Å²) in [6.07, 6.45) is 3.69. The first-order valence-electron chi connectivity index (χ1n) is 8.65. The van der Waals surface area contributed by atoms with Crippen LogP contribution < -0.4 is 0 Å². The molecule has 1 saturated heterocycles. The lowest BCUT2D eigenvalue weighted by Crippen LogP contribution is -2.35. The van der Waals surface area contributed by atoms with Crippen LogP contribution >= 0.6 is 0 Å². The lowest BCUT2D eigenvalue weighted by molar-refractivity contribution is -0.162. The minimum absolute atomic E-state index is 0.213. The number of rotatable bonds is 2. The van der Waals surface area contributed by atoms with Crippen LogP contribution in [0.3, 0.4) is 0 Å². The molecule has 2 aliphatic rings. The minimum atomic E-state index is -0.590. The Morgan fingerprint density at radius 2 is 1.64 bits per heavy atom. The van der Waals surface area contributed by atoms with Gasteiger partial charge >= 0.3 is 0 Å². The molecule has 1 fully saturated rings. The Morgan fingerprint density at radius 3 is 2.23 bits per heavy atom. The highest BCUT2D eigenvalue weighted by Crippen LogP contribution is 2.47. The van der Waals surface area contributed by atoms with Crippen molar-refractivity contribution in [1.29, 1.82) is 0 Å². The quantitative estimate of drug-likeness (QED) is 0.762. The standard InChI is InChI=1S/C20H30O2/c1-7-15-13-21-20(6,22-15)14-8-9-16-17(12-14)19(4,5)11-10-18(16,2)3/h8-9,12,15H,7,10-11,13H2,1-6H3. The summed E-state index contributed by atoms with van der Waals surface area (Å²) in [4.78, 5) is 0. The summed E-state index contributed by atoms with van der Waals surface area (Å²) in [5, 5.41) is 0. The fourth-order valence-corrected chi connectivity index (χ4v) is 3.86. The van der Waals surface area contributed by atoms with E-state index in [-0.39, 0.29) is 16.9 Å². The third kappa shape index (κ3) is 2.51. The average molecular weight is 302 g/mol. The normalized spacial score (nSPS) is 32.7. The fraction of sp³-hybridized carbons (Fsp3) is 0.700. The molecule has 3 rings (SSSR count). The van der Waals surface area contributed by atoms with Gasteiger partial charge < -0.3 is 9.47 Å². The number of ether oxygens (including phenoxy) is 2. The molecule has 1 aromatic rings. The summed E-state index contributed by atoms with van der Waals surface area (Å²) < 4.78 is 12.2. The Balaban J connectivity index is 2.03. The molecular formula is C20H30O2. The van der Waals surface area contributed by atoms with E-state index in [0.29, 0.717) is 6.61 Å². The number of hydrogen-bond acceptors (Lipinski definition) is 2. The maximum atomic E-state index is 6.17. The van der Waals surface area contributed by atoms with Crippen LogP contribution in [-0.4, -0.2) is 12.7 Å². The van der Waals surface area contributed by atoms with Crippen LogP contribution in [-0.2, 0) is 26.1 Å². The van der Waals surface area contributed by atoms with Gasteiger partial charge in [-0.05, 0) is 54.2 Å². The first-order chi connectivity index (χ1) is 10.2. The van der Waals surface area contributed by atoms with Crippen molar-refractivity contribution in [2.24, 2.45) is 0 Å².